The fraction of sp³-hybridized carbons (Fsp3) is 0.381. The second-order valence-electron chi connectivity index (χ2n) is 7.06. The largest absolute Gasteiger partial charge is 0.497 e. The summed E-state index contributed by atoms with van der Waals surface area (Å²) in [6.45, 7) is 1.94. The number of ether oxygens (including phenoxy) is 2. The highest BCUT2D eigenvalue weighted by atomic mass is 35.5. The Morgan fingerprint density at radius 2 is 1.90 bits per heavy atom. The van der Waals surface area contributed by atoms with Gasteiger partial charge in [-0.3, -0.25) is 4.79 Å². The molecule has 0 N–H and O–H groups in total. The summed E-state index contributed by atoms with van der Waals surface area (Å²) in [5.74, 6) is 0.907. The SMILES string of the molecule is COc1ccc(CN(C(=O)C(C)Oc2ccccc2Cl)C2CCS(=O)(=O)C2)cc1. The van der Waals surface area contributed by atoms with Crippen molar-refractivity contribution in [2.75, 3.05) is 18.6 Å². The number of sulfone groups is 1. The van der Waals surface area contributed by atoms with Gasteiger partial charge in [-0.05, 0) is 43.2 Å². The first-order chi connectivity index (χ1) is 13.8. The minimum Gasteiger partial charge on any atom is -0.497 e. The van der Waals surface area contributed by atoms with E-state index >= 15 is 0 Å². The molecule has 1 fully saturated rings. The predicted octanol–water partition coefficient (Wildman–Crippen LogP) is 3.33. The molecule has 0 aliphatic carbocycles. The monoisotopic (exact) mass is 437 g/mol. The molecule has 0 spiro atoms. The molecule has 6 nitrogen and oxygen atoms in total. The maximum atomic E-state index is 13.2. The number of benzene rings is 2. The van der Waals surface area contributed by atoms with Gasteiger partial charge in [0.2, 0.25) is 0 Å². The zero-order valence-electron chi connectivity index (χ0n) is 16.4. The lowest BCUT2D eigenvalue weighted by atomic mass is 10.1. The van der Waals surface area contributed by atoms with E-state index in [2.05, 4.69) is 0 Å². The quantitative estimate of drug-likeness (QED) is 0.664. The summed E-state index contributed by atoms with van der Waals surface area (Å²) < 4.78 is 35.0. The fourth-order valence-corrected chi connectivity index (χ4v) is 5.26. The lowest BCUT2D eigenvalue weighted by Gasteiger charge is -2.31. The molecule has 0 radical (unpaired) electrons. The minimum atomic E-state index is -3.14. The van der Waals surface area contributed by atoms with Gasteiger partial charge in [0.15, 0.2) is 15.9 Å². The minimum absolute atomic E-state index is 0.0340. The van der Waals surface area contributed by atoms with Crippen LogP contribution in [0, 0.1) is 0 Å². The van der Waals surface area contributed by atoms with Crippen LogP contribution in [0.15, 0.2) is 48.5 Å². The molecule has 1 amide bonds. The Kier molecular flexibility index (Phi) is 6.70. The van der Waals surface area contributed by atoms with Crippen molar-refractivity contribution in [1.29, 1.82) is 0 Å². The first-order valence-electron chi connectivity index (χ1n) is 9.34. The van der Waals surface area contributed by atoms with Crippen molar-refractivity contribution >= 4 is 27.3 Å². The third-order valence-corrected chi connectivity index (χ3v) is 6.99. The highest BCUT2D eigenvalue weighted by Crippen LogP contribution is 2.26. The van der Waals surface area contributed by atoms with Gasteiger partial charge in [-0.25, -0.2) is 8.42 Å². The average molecular weight is 438 g/mol. The molecule has 29 heavy (non-hydrogen) atoms. The Morgan fingerprint density at radius 1 is 1.21 bits per heavy atom. The van der Waals surface area contributed by atoms with E-state index < -0.39 is 15.9 Å². The summed E-state index contributed by atoms with van der Waals surface area (Å²) >= 11 is 6.13. The molecule has 8 heteroatoms. The van der Waals surface area contributed by atoms with Crippen LogP contribution in [-0.2, 0) is 21.2 Å². The van der Waals surface area contributed by atoms with E-state index in [1.807, 2.05) is 24.3 Å². The van der Waals surface area contributed by atoms with Gasteiger partial charge in [-0.15, -0.1) is 0 Å². The zero-order chi connectivity index (χ0) is 21.0. The van der Waals surface area contributed by atoms with Crippen molar-refractivity contribution in [3.63, 3.8) is 0 Å². The molecule has 0 aromatic heterocycles. The second-order valence-corrected chi connectivity index (χ2v) is 9.70. The standard InChI is InChI=1S/C21H24ClNO5S/c1-15(28-20-6-4-3-5-19(20)22)21(24)23(17-11-12-29(25,26)14-17)13-16-7-9-18(27-2)10-8-16/h3-10,15,17H,11-14H2,1-2H3. The molecule has 2 aromatic carbocycles. The van der Waals surface area contributed by atoms with Crippen molar-refractivity contribution in [2.45, 2.75) is 32.0 Å². The highest BCUT2D eigenvalue weighted by Gasteiger charge is 2.36. The van der Waals surface area contributed by atoms with Gasteiger partial charge in [0.25, 0.3) is 5.91 Å². The van der Waals surface area contributed by atoms with Gasteiger partial charge in [0.1, 0.15) is 11.5 Å². The van der Waals surface area contributed by atoms with Gasteiger partial charge in [0.05, 0.1) is 23.6 Å². The Morgan fingerprint density at radius 3 is 2.48 bits per heavy atom. The van der Waals surface area contributed by atoms with Crippen LogP contribution in [0.25, 0.3) is 0 Å². The number of amides is 1. The summed E-state index contributed by atoms with van der Waals surface area (Å²) in [5, 5.41) is 0.414. The normalized spacial score (nSPS) is 18.8. The number of hydrogen-bond acceptors (Lipinski definition) is 5. The molecule has 1 saturated heterocycles. The zero-order valence-corrected chi connectivity index (χ0v) is 17.9. The third kappa shape index (κ3) is 5.42. The molecule has 3 rings (SSSR count). The summed E-state index contributed by atoms with van der Waals surface area (Å²) in [6.07, 6.45) is -0.389. The lowest BCUT2D eigenvalue weighted by Crippen LogP contribution is -2.46. The maximum absolute atomic E-state index is 13.2. The number of nitrogens with zero attached hydrogens (tertiary/aromatic N) is 1. The van der Waals surface area contributed by atoms with E-state index in [0.29, 0.717) is 29.5 Å². The van der Waals surface area contributed by atoms with E-state index in [9.17, 15) is 13.2 Å². The number of methoxy groups -OCH3 is 1. The van der Waals surface area contributed by atoms with Gasteiger partial charge >= 0.3 is 0 Å². The van der Waals surface area contributed by atoms with Gasteiger partial charge in [0, 0.05) is 12.6 Å². The number of carbonyl (C=O) groups is 1. The number of hydrogen-bond donors (Lipinski definition) is 0. The van der Waals surface area contributed by atoms with E-state index in [1.54, 1.807) is 43.2 Å². The molecule has 2 aromatic rings. The van der Waals surface area contributed by atoms with E-state index in [4.69, 9.17) is 21.1 Å². The van der Waals surface area contributed by atoms with Gasteiger partial charge < -0.3 is 14.4 Å². The van der Waals surface area contributed by atoms with Crippen LogP contribution in [0.5, 0.6) is 11.5 Å². The summed E-state index contributed by atoms with van der Waals surface area (Å²) in [5.41, 5.74) is 0.883. The molecule has 0 bridgehead atoms. The third-order valence-electron chi connectivity index (χ3n) is 4.93. The number of halogens is 1. The van der Waals surface area contributed by atoms with Crippen LogP contribution < -0.4 is 9.47 Å². The number of rotatable bonds is 7. The first kappa shape index (κ1) is 21.5. The van der Waals surface area contributed by atoms with Crippen LogP contribution in [0.3, 0.4) is 0 Å². The second kappa shape index (κ2) is 9.05. The summed E-state index contributed by atoms with van der Waals surface area (Å²) in [4.78, 5) is 14.8. The number of para-hydroxylation sites is 1. The van der Waals surface area contributed by atoms with E-state index in [0.717, 1.165) is 5.56 Å². The van der Waals surface area contributed by atoms with E-state index in [-0.39, 0.29) is 23.5 Å². The average Bonchev–Trinajstić information content (AvgIpc) is 3.07. The molecular formula is C21H24ClNO5S. The molecule has 1 heterocycles. The van der Waals surface area contributed by atoms with Crippen LogP contribution in [0.4, 0.5) is 0 Å². The fourth-order valence-electron chi connectivity index (χ4n) is 3.35. The maximum Gasteiger partial charge on any atom is 0.263 e. The molecule has 156 valence electrons. The Labute approximate surface area is 176 Å². The Balaban J connectivity index is 1.81. The molecule has 1 aliphatic heterocycles. The number of carbonyl (C=O) groups excluding carboxylic acids is 1. The van der Waals surface area contributed by atoms with E-state index in [1.165, 1.54) is 0 Å². The molecular weight excluding hydrogens is 414 g/mol. The van der Waals surface area contributed by atoms with Crippen LogP contribution in [0.1, 0.15) is 18.9 Å². The van der Waals surface area contributed by atoms with Crippen molar-refractivity contribution < 1.29 is 22.7 Å². The molecule has 2 unspecified atom stereocenters. The summed E-state index contributed by atoms with van der Waals surface area (Å²) in [7, 11) is -1.56. The van der Waals surface area contributed by atoms with Crippen molar-refractivity contribution in [3.8, 4) is 11.5 Å². The molecule has 2 atom stereocenters. The predicted molar refractivity (Wildman–Crippen MR) is 112 cm³/mol. The topological polar surface area (TPSA) is 72.9 Å². The van der Waals surface area contributed by atoms with Crippen molar-refractivity contribution in [3.05, 3.63) is 59.1 Å². The van der Waals surface area contributed by atoms with Crippen LogP contribution >= 0.6 is 11.6 Å². The first-order valence-corrected chi connectivity index (χ1v) is 11.5. The van der Waals surface area contributed by atoms with Gasteiger partial charge in [-0.1, -0.05) is 35.9 Å². The molecule has 1 aliphatic rings. The Bertz CT molecular complexity index is 961. The van der Waals surface area contributed by atoms with Gasteiger partial charge in [-0.2, -0.15) is 0 Å². The highest BCUT2D eigenvalue weighted by molar-refractivity contribution is 7.91. The molecule has 0 saturated carbocycles. The van der Waals surface area contributed by atoms with Crippen molar-refractivity contribution in [2.24, 2.45) is 0 Å². The van der Waals surface area contributed by atoms with Crippen LogP contribution in [-0.4, -0.2) is 50.0 Å². The summed E-state index contributed by atoms with van der Waals surface area (Å²) in [6, 6.07) is 13.9. The van der Waals surface area contributed by atoms with Crippen molar-refractivity contribution in [1.82, 2.24) is 4.90 Å². The Hall–Kier alpha value is -2.25. The smallest absolute Gasteiger partial charge is 0.263 e. The lowest BCUT2D eigenvalue weighted by molar-refractivity contribution is -0.140. The van der Waals surface area contributed by atoms with Crippen LogP contribution in [0.2, 0.25) is 5.02 Å².